The van der Waals surface area contributed by atoms with E-state index in [0.717, 1.165) is 0 Å². The summed E-state index contributed by atoms with van der Waals surface area (Å²) in [5.74, 6) is 0. The van der Waals surface area contributed by atoms with Crippen LogP contribution in [0.1, 0.15) is 71.1 Å². The van der Waals surface area contributed by atoms with Crippen molar-refractivity contribution in [1.82, 2.24) is 0 Å². The van der Waals surface area contributed by atoms with Gasteiger partial charge in [0.25, 0.3) is 0 Å². The molecule has 0 unspecified atom stereocenters. The van der Waals surface area contributed by atoms with Crippen molar-refractivity contribution in [3.05, 3.63) is 11.6 Å². The number of hydrogen-bond acceptors (Lipinski definition) is 0. The van der Waals surface area contributed by atoms with E-state index >= 15 is 0 Å². The zero-order valence-electron chi connectivity index (χ0n) is 9.07. The molecule has 0 aliphatic heterocycles. The number of rotatable bonds is 3. The largest absolute Gasteiger partial charge is 0.0667 e. The van der Waals surface area contributed by atoms with Gasteiger partial charge in [-0.25, -0.2) is 0 Å². The molecule has 0 saturated heterocycles. The van der Waals surface area contributed by atoms with Gasteiger partial charge in [-0.1, -0.05) is 38.2 Å². The van der Waals surface area contributed by atoms with Crippen molar-refractivity contribution in [3.63, 3.8) is 0 Å². The van der Waals surface area contributed by atoms with Gasteiger partial charge in [0.2, 0.25) is 0 Å². The fourth-order valence-electron chi connectivity index (χ4n) is 1.95. The van der Waals surface area contributed by atoms with Crippen molar-refractivity contribution in [2.24, 2.45) is 0 Å². The van der Waals surface area contributed by atoms with E-state index in [1.54, 1.807) is 5.57 Å². The molecule has 0 N–H and O–H groups in total. The molecule has 0 saturated carbocycles. The fraction of sp³-hybridized carbons (Fsp3) is 0.846. The van der Waals surface area contributed by atoms with Crippen LogP contribution in [0, 0.1) is 6.08 Å². The van der Waals surface area contributed by atoms with Gasteiger partial charge >= 0.3 is 0 Å². The molecule has 0 nitrogen and oxygen atoms in total. The molecule has 0 aromatic carbocycles. The lowest BCUT2D eigenvalue weighted by Gasteiger charge is -2.04. The van der Waals surface area contributed by atoms with Crippen LogP contribution in [0.2, 0.25) is 0 Å². The predicted octanol–water partition coefficient (Wildman–Crippen LogP) is 4.65. The Labute approximate surface area is 83.4 Å². The van der Waals surface area contributed by atoms with E-state index in [1.807, 2.05) is 0 Å². The van der Waals surface area contributed by atoms with Crippen LogP contribution < -0.4 is 0 Å². The topological polar surface area (TPSA) is 0 Å². The van der Waals surface area contributed by atoms with Crippen molar-refractivity contribution in [1.29, 1.82) is 0 Å². The van der Waals surface area contributed by atoms with E-state index in [1.165, 1.54) is 64.2 Å². The number of unbranched alkanes of at least 4 members (excludes halogenated alkanes) is 1. The molecule has 0 heterocycles. The van der Waals surface area contributed by atoms with E-state index in [2.05, 4.69) is 13.0 Å². The second-order valence-electron chi connectivity index (χ2n) is 4.15. The fourth-order valence-corrected chi connectivity index (χ4v) is 1.95. The third kappa shape index (κ3) is 5.13. The highest BCUT2D eigenvalue weighted by Gasteiger charge is 2.01. The highest BCUT2D eigenvalue weighted by Crippen LogP contribution is 2.19. The average molecular weight is 179 g/mol. The minimum Gasteiger partial charge on any atom is -0.0667 e. The summed E-state index contributed by atoms with van der Waals surface area (Å²) >= 11 is 0. The van der Waals surface area contributed by atoms with Crippen molar-refractivity contribution in [2.75, 3.05) is 0 Å². The van der Waals surface area contributed by atoms with Crippen LogP contribution in [0.4, 0.5) is 0 Å². The van der Waals surface area contributed by atoms with Gasteiger partial charge in [0.15, 0.2) is 0 Å². The summed E-state index contributed by atoms with van der Waals surface area (Å²) < 4.78 is 0. The molecular weight excluding hydrogens is 156 g/mol. The Kier molecular flexibility index (Phi) is 5.97. The van der Waals surface area contributed by atoms with Crippen LogP contribution >= 0.6 is 0 Å². The first kappa shape index (κ1) is 10.8. The van der Waals surface area contributed by atoms with Crippen molar-refractivity contribution >= 4 is 0 Å². The van der Waals surface area contributed by atoms with Gasteiger partial charge in [-0.2, -0.15) is 0 Å². The summed E-state index contributed by atoms with van der Waals surface area (Å²) in [5.41, 5.74) is 1.63. The molecule has 0 bridgehead atoms. The maximum atomic E-state index is 3.61. The first-order chi connectivity index (χ1) is 6.43. The van der Waals surface area contributed by atoms with Gasteiger partial charge in [-0.05, 0) is 44.6 Å². The monoisotopic (exact) mass is 179 g/mol. The molecule has 0 atom stereocenters. The molecule has 1 radical (unpaired) electrons. The first-order valence-electron chi connectivity index (χ1n) is 6.02. The van der Waals surface area contributed by atoms with Gasteiger partial charge in [-0.3, -0.25) is 0 Å². The molecule has 0 aromatic heterocycles. The minimum absolute atomic E-state index is 1.22. The van der Waals surface area contributed by atoms with Gasteiger partial charge in [-0.15, -0.1) is 0 Å². The smallest absolute Gasteiger partial charge is 0.0277 e. The molecule has 0 aromatic rings. The van der Waals surface area contributed by atoms with Gasteiger partial charge in [0.1, 0.15) is 0 Å². The van der Waals surface area contributed by atoms with E-state index in [4.69, 9.17) is 0 Å². The van der Waals surface area contributed by atoms with E-state index < -0.39 is 0 Å². The van der Waals surface area contributed by atoms with Crippen LogP contribution in [0.25, 0.3) is 0 Å². The Morgan fingerprint density at radius 2 is 1.85 bits per heavy atom. The van der Waals surface area contributed by atoms with Crippen LogP contribution in [-0.4, -0.2) is 0 Å². The second-order valence-corrected chi connectivity index (χ2v) is 4.15. The summed E-state index contributed by atoms with van der Waals surface area (Å²) in [6.45, 7) is 2.27. The zero-order valence-corrected chi connectivity index (χ0v) is 9.07. The minimum atomic E-state index is 1.22. The zero-order chi connectivity index (χ0) is 9.36. The molecule has 1 rings (SSSR count). The molecular formula is C13H23. The third-order valence-electron chi connectivity index (χ3n) is 2.86. The van der Waals surface area contributed by atoms with Gasteiger partial charge < -0.3 is 0 Å². The van der Waals surface area contributed by atoms with Crippen molar-refractivity contribution in [3.8, 4) is 0 Å². The summed E-state index contributed by atoms with van der Waals surface area (Å²) in [5, 5.41) is 0. The lowest BCUT2D eigenvalue weighted by Crippen LogP contribution is -1.85. The van der Waals surface area contributed by atoms with Crippen molar-refractivity contribution < 1.29 is 0 Å². The first-order valence-corrected chi connectivity index (χ1v) is 6.02. The lowest BCUT2D eigenvalue weighted by atomic mass is 10.0. The average Bonchev–Trinajstić information content (AvgIpc) is 2.28. The number of hydrogen-bond donors (Lipinski definition) is 0. The quantitative estimate of drug-likeness (QED) is 0.591. The highest BCUT2D eigenvalue weighted by atomic mass is 14.1. The molecule has 13 heavy (non-hydrogen) atoms. The Morgan fingerprint density at radius 1 is 1.08 bits per heavy atom. The van der Waals surface area contributed by atoms with Crippen LogP contribution in [0.3, 0.4) is 0 Å². The summed E-state index contributed by atoms with van der Waals surface area (Å²) in [6.07, 6.45) is 17.3. The van der Waals surface area contributed by atoms with E-state index in [9.17, 15) is 0 Å². The Hall–Kier alpha value is -0.260. The Morgan fingerprint density at radius 3 is 2.69 bits per heavy atom. The van der Waals surface area contributed by atoms with E-state index in [0.29, 0.717) is 0 Å². The second kappa shape index (κ2) is 7.17. The summed E-state index contributed by atoms with van der Waals surface area (Å²) in [7, 11) is 0. The lowest BCUT2D eigenvalue weighted by molar-refractivity contribution is 0.623. The molecule has 0 fully saturated rings. The molecule has 0 heteroatoms. The standard InChI is InChI=1S/C13H23/c1-2-3-10-13-11-8-6-4-5-7-9-12-13/h2-11H2,1H3. The summed E-state index contributed by atoms with van der Waals surface area (Å²) in [4.78, 5) is 0. The third-order valence-corrected chi connectivity index (χ3v) is 2.86. The van der Waals surface area contributed by atoms with Crippen LogP contribution in [0.15, 0.2) is 5.57 Å². The van der Waals surface area contributed by atoms with E-state index in [-0.39, 0.29) is 0 Å². The molecule has 0 spiro atoms. The number of allylic oxidation sites excluding steroid dienone is 2. The van der Waals surface area contributed by atoms with Crippen molar-refractivity contribution in [2.45, 2.75) is 71.1 Å². The predicted molar refractivity (Wildman–Crippen MR) is 58.6 cm³/mol. The van der Waals surface area contributed by atoms with Crippen LogP contribution in [0.5, 0.6) is 0 Å². The Balaban J connectivity index is 2.28. The normalized spacial score (nSPS) is 23.9. The molecule has 75 valence electrons. The molecule has 1 aliphatic rings. The maximum Gasteiger partial charge on any atom is -0.0277 e. The molecule has 1 aliphatic carbocycles. The maximum absolute atomic E-state index is 3.61. The van der Waals surface area contributed by atoms with Gasteiger partial charge in [0.05, 0.1) is 0 Å². The SMILES string of the molecule is CCCC/C1=[C]/CCCCCCC1. The summed E-state index contributed by atoms with van der Waals surface area (Å²) in [6, 6.07) is 0. The highest BCUT2D eigenvalue weighted by molar-refractivity contribution is 4.97. The van der Waals surface area contributed by atoms with Crippen LogP contribution in [-0.2, 0) is 0 Å². The Bertz CT molecular complexity index is 144. The molecule has 0 amide bonds. The van der Waals surface area contributed by atoms with Gasteiger partial charge in [0, 0.05) is 0 Å².